The number of carbonyl (C=O) groups excluding carboxylic acids is 1. The summed E-state index contributed by atoms with van der Waals surface area (Å²) in [6.45, 7) is 2.34. The van der Waals surface area contributed by atoms with Gasteiger partial charge in [0.1, 0.15) is 5.01 Å². The summed E-state index contributed by atoms with van der Waals surface area (Å²) < 4.78 is 0. The van der Waals surface area contributed by atoms with E-state index >= 15 is 0 Å². The molecule has 1 aromatic carbocycles. The Kier molecular flexibility index (Phi) is 5.50. The lowest BCUT2D eigenvalue weighted by Gasteiger charge is -2.08. The summed E-state index contributed by atoms with van der Waals surface area (Å²) in [5, 5.41) is 14.4. The number of hydrogen-bond donors (Lipinski definition) is 2. The van der Waals surface area contributed by atoms with Crippen molar-refractivity contribution in [3.05, 3.63) is 51.5 Å². The van der Waals surface area contributed by atoms with Crippen LogP contribution in [0.5, 0.6) is 0 Å². The van der Waals surface area contributed by atoms with E-state index in [1.54, 1.807) is 12.3 Å². The number of aromatic nitrogens is 1. The largest absolute Gasteiger partial charge is 0.395 e. The summed E-state index contributed by atoms with van der Waals surface area (Å²) in [6.07, 6.45) is 2.15. The van der Waals surface area contributed by atoms with Crippen molar-refractivity contribution in [1.82, 2.24) is 10.3 Å². The van der Waals surface area contributed by atoms with Crippen molar-refractivity contribution in [2.24, 2.45) is 0 Å². The molecule has 0 aliphatic rings. The van der Waals surface area contributed by atoms with Gasteiger partial charge in [-0.15, -0.1) is 11.3 Å². The van der Waals surface area contributed by atoms with Gasteiger partial charge < -0.3 is 10.4 Å². The number of amides is 1. The van der Waals surface area contributed by atoms with Gasteiger partial charge in [-0.3, -0.25) is 4.79 Å². The predicted octanol–water partition coefficient (Wildman–Crippen LogP) is 2.12. The van der Waals surface area contributed by atoms with Crippen molar-refractivity contribution in [3.63, 3.8) is 0 Å². The van der Waals surface area contributed by atoms with Crippen LogP contribution in [0.15, 0.2) is 29.8 Å². The predicted molar refractivity (Wildman–Crippen MR) is 83.0 cm³/mol. The van der Waals surface area contributed by atoms with Gasteiger partial charge in [0.2, 0.25) is 0 Å². The van der Waals surface area contributed by atoms with Crippen LogP contribution in [0, 0.1) is 18.8 Å². The van der Waals surface area contributed by atoms with E-state index in [0.29, 0.717) is 18.5 Å². The molecule has 0 aliphatic carbocycles. The van der Waals surface area contributed by atoms with E-state index in [-0.39, 0.29) is 12.5 Å². The van der Waals surface area contributed by atoms with Crippen LogP contribution < -0.4 is 5.32 Å². The maximum atomic E-state index is 12.2. The van der Waals surface area contributed by atoms with Crippen LogP contribution in [-0.2, 0) is 6.54 Å². The first-order valence-electron chi connectivity index (χ1n) is 6.58. The molecule has 21 heavy (non-hydrogen) atoms. The van der Waals surface area contributed by atoms with Crippen molar-refractivity contribution in [2.75, 3.05) is 6.61 Å². The van der Waals surface area contributed by atoms with Gasteiger partial charge in [0.25, 0.3) is 5.91 Å². The number of aliphatic hydroxyl groups is 1. The Labute approximate surface area is 127 Å². The first-order valence-corrected chi connectivity index (χ1v) is 7.46. The van der Waals surface area contributed by atoms with Crippen molar-refractivity contribution >= 4 is 17.2 Å². The quantitative estimate of drug-likeness (QED) is 0.850. The molecule has 2 N–H and O–H groups in total. The Bertz CT molecular complexity index is 669. The molecule has 2 aromatic rings. The molecule has 0 fully saturated rings. The zero-order valence-corrected chi connectivity index (χ0v) is 12.5. The fourth-order valence-corrected chi connectivity index (χ4v) is 2.38. The molecule has 0 aliphatic heterocycles. The fraction of sp³-hybridized carbons (Fsp3) is 0.250. The topological polar surface area (TPSA) is 62.2 Å². The second-order valence-electron chi connectivity index (χ2n) is 4.36. The van der Waals surface area contributed by atoms with Gasteiger partial charge in [-0.05, 0) is 24.6 Å². The van der Waals surface area contributed by atoms with Gasteiger partial charge in [-0.2, -0.15) is 0 Å². The molecule has 4 nitrogen and oxygen atoms in total. The number of carbonyl (C=O) groups is 1. The number of aliphatic hydroxyl groups excluding tert-OH is 1. The van der Waals surface area contributed by atoms with Crippen LogP contribution in [0.4, 0.5) is 0 Å². The van der Waals surface area contributed by atoms with Gasteiger partial charge in [0.15, 0.2) is 0 Å². The van der Waals surface area contributed by atoms with Gasteiger partial charge in [-0.1, -0.05) is 17.9 Å². The first kappa shape index (κ1) is 15.2. The number of nitrogens with one attached hydrogen (secondary N) is 1. The van der Waals surface area contributed by atoms with E-state index in [1.807, 2.05) is 24.4 Å². The Morgan fingerprint density at radius 1 is 1.48 bits per heavy atom. The number of benzene rings is 1. The summed E-state index contributed by atoms with van der Waals surface area (Å²) in [4.78, 5) is 16.3. The maximum Gasteiger partial charge on any atom is 0.251 e. The highest BCUT2D eigenvalue weighted by molar-refractivity contribution is 7.09. The second kappa shape index (κ2) is 7.58. The van der Waals surface area contributed by atoms with E-state index < -0.39 is 0 Å². The Morgan fingerprint density at radius 2 is 2.33 bits per heavy atom. The lowest BCUT2D eigenvalue weighted by molar-refractivity contribution is 0.0950. The molecule has 108 valence electrons. The molecular formula is C16H16N2O2S. The standard InChI is InChI=1S/C16H16N2O2S/c1-12-13(5-2-3-9-19)6-4-7-14(12)16(20)18-11-15-17-8-10-21-15/h4,6-8,10,19H,3,9,11H2,1H3,(H,18,20). The summed E-state index contributed by atoms with van der Waals surface area (Å²) in [7, 11) is 0. The zero-order chi connectivity index (χ0) is 15.1. The molecule has 1 aromatic heterocycles. The van der Waals surface area contributed by atoms with Gasteiger partial charge in [-0.25, -0.2) is 4.98 Å². The van der Waals surface area contributed by atoms with E-state index in [4.69, 9.17) is 5.11 Å². The van der Waals surface area contributed by atoms with Gasteiger partial charge >= 0.3 is 0 Å². The van der Waals surface area contributed by atoms with Crippen LogP contribution in [0.3, 0.4) is 0 Å². The van der Waals surface area contributed by atoms with E-state index in [9.17, 15) is 4.79 Å². The highest BCUT2D eigenvalue weighted by Crippen LogP contribution is 2.13. The summed E-state index contributed by atoms with van der Waals surface area (Å²) in [5.74, 6) is 5.72. The first-order chi connectivity index (χ1) is 10.2. The molecule has 1 heterocycles. The van der Waals surface area contributed by atoms with Crippen LogP contribution in [-0.4, -0.2) is 22.6 Å². The van der Waals surface area contributed by atoms with E-state index in [0.717, 1.165) is 16.1 Å². The van der Waals surface area contributed by atoms with Gasteiger partial charge in [0.05, 0.1) is 13.2 Å². The van der Waals surface area contributed by atoms with Crippen molar-refractivity contribution in [1.29, 1.82) is 0 Å². The van der Waals surface area contributed by atoms with Crippen LogP contribution in [0.25, 0.3) is 0 Å². The van der Waals surface area contributed by atoms with E-state index in [1.165, 1.54) is 11.3 Å². The molecule has 1 amide bonds. The van der Waals surface area contributed by atoms with Crippen LogP contribution in [0.2, 0.25) is 0 Å². The van der Waals surface area contributed by atoms with E-state index in [2.05, 4.69) is 22.1 Å². The Morgan fingerprint density at radius 3 is 3.05 bits per heavy atom. The molecule has 0 radical (unpaired) electrons. The summed E-state index contributed by atoms with van der Waals surface area (Å²) >= 11 is 1.51. The normalized spacial score (nSPS) is 9.81. The molecule has 0 saturated heterocycles. The number of thiazole rings is 1. The highest BCUT2D eigenvalue weighted by Gasteiger charge is 2.11. The third-order valence-electron chi connectivity index (χ3n) is 2.92. The minimum Gasteiger partial charge on any atom is -0.395 e. The third-order valence-corrected chi connectivity index (χ3v) is 3.70. The van der Waals surface area contributed by atoms with Crippen molar-refractivity contribution < 1.29 is 9.90 Å². The van der Waals surface area contributed by atoms with Crippen LogP contribution >= 0.6 is 11.3 Å². The fourth-order valence-electron chi connectivity index (χ4n) is 1.82. The van der Waals surface area contributed by atoms with Crippen molar-refractivity contribution in [3.8, 4) is 11.8 Å². The van der Waals surface area contributed by atoms with Crippen molar-refractivity contribution in [2.45, 2.75) is 19.9 Å². The molecular weight excluding hydrogens is 284 g/mol. The molecule has 0 unspecified atom stereocenters. The Balaban J connectivity index is 2.10. The SMILES string of the molecule is Cc1c(C#CCCO)cccc1C(=O)NCc1nccs1. The summed E-state index contributed by atoms with van der Waals surface area (Å²) in [5.41, 5.74) is 2.27. The Hall–Kier alpha value is -2.16. The molecule has 0 saturated carbocycles. The smallest absolute Gasteiger partial charge is 0.251 e. The number of rotatable bonds is 4. The lowest BCUT2D eigenvalue weighted by atomic mass is 10.0. The maximum absolute atomic E-state index is 12.2. The lowest BCUT2D eigenvalue weighted by Crippen LogP contribution is -2.23. The molecule has 0 bridgehead atoms. The van der Waals surface area contributed by atoms with Crippen LogP contribution in [0.1, 0.15) is 32.9 Å². The highest BCUT2D eigenvalue weighted by atomic mass is 32.1. The molecule has 0 spiro atoms. The second-order valence-corrected chi connectivity index (χ2v) is 5.34. The third kappa shape index (κ3) is 4.15. The minimum atomic E-state index is -0.131. The molecule has 0 atom stereocenters. The number of nitrogens with zero attached hydrogens (tertiary/aromatic N) is 1. The average Bonchev–Trinajstić information content (AvgIpc) is 3.00. The monoisotopic (exact) mass is 300 g/mol. The average molecular weight is 300 g/mol. The zero-order valence-electron chi connectivity index (χ0n) is 11.7. The summed E-state index contributed by atoms with van der Waals surface area (Å²) in [6, 6.07) is 5.47. The molecule has 5 heteroatoms. The number of hydrogen-bond acceptors (Lipinski definition) is 4. The molecule has 2 rings (SSSR count). The minimum absolute atomic E-state index is 0.0417. The van der Waals surface area contributed by atoms with Gasteiger partial charge in [0, 0.05) is 29.1 Å².